The number of hydrogen-bond donors (Lipinski definition) is 0. The molecular weight excluding hydrogens is 600 g/mol. The first-order chi connectivity index (χ1) is 17.5. The van der Waals surface area contributed by atoms with Crippen LogP contribution in [0.5, 0.6) is 0 Å². The largest absolute Gasteiger partial charge is 1.00 e. The first-order valence-electron chi connectivity index (χ1n) is 13.0. The fourth-order valence-electron chi connectivity index (χ4n) is 6.37. The van der Waals surface area contributed by atoms with Crippen molar-refractivity contribution in [1.82, 2.24) is 0 Å². The number of benzene rings is 2. The number of hydrogen-bond acceptors (Lipinski definition) is 4. The van der Waals surface area contributed by atoms with E-state index in [2.05, 4.69) is 133 Å². The van der Waals surface area contributed by atoms with Crippen molar-refractivity contribution >= 4 is 46.0 Å². The van der Waals surface area contributed by atoms with Crippen LogP contribution in [0.1, 0.15) is 27.7 Å². The molecule has 6 heteroatoms. The Bertz CT molecular complexity index is 1560. The zero-order valence-corrected chi connectivity index (χ0v) is 25.4. The molecule has 0 saturated heterocycles. The van der Waals surface area contributed by atoms with Crippen LogP contribution in [0.4, 0.5) is 22.7 Å². The van der Waals surface area contributed by atoms with Gasteiger partial charge in [0.25, 0.3) is 0 Å². The predicted molar refractivity (Wildman–Crippen MR) is 154 cm³/mol. The van der Waals surface area contributed by atoms with Crippen molar-refractivity contribution in [2.24, 2.45) is 0 Å². The summed E-state index contributed by atoms with van der Waals surface area (Å²) in [4.78, 5) is 9.62. The fourth-order valence-corrected chi connectivity index (χ4v) is 6.37. The molecule has 0 spiro atoms. The van der Waals surface area contributed by atoms with E-state index >= 15 is 0 Å². The van der Waals surface area contributed by atoms with E-state index in [4.69, 9.17) is 0 Å². The normalized spacial score (nSPS) is 21.8. The van der Waals surface area contributed by atoms with E-state index in [-0.39, 0.29) is 34.0 Å². The van der Waals surface area contributed by atoms with Crippen LogP contribution < -0.4 is 74.4 Å². The molecule has 0 saturated carbocycles. The summed E-state index contributed by atoms with van der Waals surface area (Å²) < 4.78 is 0. The topological polar surface area (TPSA) is 13.0 Å². The molecule has 0 radical (unpaired) electrons. The average Bonchev–Trinajstić information content (AvgIpc) is 2.89. The predicted octanol–water partition coefficient (Wildman–Crippen LogP) is -2.58. The molecule has 0 fully saturated rings. The highest BCUT2D eigenvalue weighted by molar-refractivity contribution is 5.86. The van der Waals surface area contributed by atoms with Crippen molar-refractivity contribution in [1.29, 1.82) is 0 Å². The summed E-state index contributed by atoms with van der Waals surface area (Å²) in [6, 6.07) is 10.0. The standard InChI is InChI=1S/2C16H16N2.2BrH/c2*1-11-7-9-18-12(2)10-17-8-3-4-13-5-6-14(11)16(18)15(13)17;;/h2*3-9,12H,10H2,1-2H3;2*1H/p-2. The summed E-state index contributed by atoms with van der Waals surface area (Å²) in [7, 11) is 0. The second-order valence-corrected chi connectivity index (χ2v) is 10.6. The van der Waals surface area contributed by atoms with Crippen molar-refractivity contribution in [3.63, 3.8) is 0 Å². The molecule has 2 unspecified atom stereocenters. The van der Waals surface area contributed by atoms with Gasteiger partial charge in [0.05, 0.1) is 22.7 Å². The van der Waals surface area contributed by atoms with E-state index in [0.717, 1.165) is 13.1 Å². The van der Waals surface area contributed by atoms with Gasteiger partial charge in [-0.2, -0.15) is 0 Å². The van der Waals surface area contributed by atoms with Gasteiger partial charge in [-0.1, -0.05) is 36.4 Å². The molecule has 2 aromatic carbocycles. The first kappa shape index (κ1) is 26.6. The lowest BCUT2D eigenvalue weighted by Gasteiger charge is -2.42. The molecule has 0 aromatic heterocycles. The molecule has 38 heavy (non-hydrogen) atoms. The Balaban J connectivity index is 0.000000147. The SMILES string of the molecule is CC1=c2ccc3c4c2N(C=C1)C(C)CN4C=CC=3.CC1=c2ccc3c4c2N(C=C1)C(C)CN4C=CC=3.[Br-].[Br-]. The third-order valence-corrected chi connectivity index (χ3v) is 8.23. The summed E-state index contributed by atoms with van der Waals surface area (Å²) in [5.74, 6) is 0. The highest BCUT2D eigenvalue weighted by Crippen LogP contribution is 2.34. The van der Waals surface area contributed by atoms with Crippen LogP contribution in [-0.2, 0) is 0 Å². The molecule has 6 aliphatic heterocycles. The van der Waals surface area contributed by atoms with Gasteiger partial charge in [-0.15, -0.1) is 0 Å². The van der Waals surface area contributed by atoms with E-state index in [1.54, 1.807) is 0 Å². The molecule has 0 bridgehead atoms. The molecule has 2 atom stereocenters. The second kappa shape index (κ2) is 9.97. The zero-order chi connectivity index (χ0) is 24.6. The molecular formula is C32H32Br2N4-2. The lowest BCUT2D eigenvalue weighted by atomic mass is 9.98. The number of anilines is 4. The molecule has 0 N–H and O–H groups in total. The van der Waals surface area contributed by atoms with Crippen molar-refractivity contribution in [2.75, 3.05) is 32.7 Å². The van der Waals surface area contributed by atoms with Crippen LogP contribution in [0.15, 0.2) is 73.4 Å². The van der Waals surface area contributed by atoms with Gasteiger partial charge in [0, 0.05) is 70.8 Å². The van der Waals surface area contributed by atoms with Crippen LogP contribution in [0.25, 0.3) is 23.3 Å². The Morgan fingerprint density at radius 1 is 0.579 bits per heavy atom. The first-order valence-corrected chi connectivity index (χ1v) is 13.0. The van der Waals surface area contributed by atoms with Gasteiger partial charge in [0.2, 0.25) is 0 Å². The summed E-state index contributed by atoms with van der Waals surface area (Å²) in [5.41, 5.74) is 8.22. The maximum atomic E-state index is 2.42. The molecule has 6 aliphatic rings. The van der Waals surface area contributed by atoms with E-state index in [1.165, 1.54) is 54.8 Å². The highest BCUT2D eigenvalue weighted by atomic mass is 79.9. The van der Waals surface area contributed by atoms with Crippen LogP contribution >= 0.6 is 0 Å². The molecule has 8 rings (SSSR count). The smallest absolute Gasteiger partial charge is 0.0732 e. The minimum absolute atomic E-state index is 0. The average molecular weight is 632 g/mol. The Hall–Kier alpha value is -2.96. The summed E-state index contributed by atoms with van der Waals surface area (Å²) >= 11 is 0. The van der Waals surface area contributed by atoms with Crippen LogP contribution in [-0.4, -0.2) is 25.2 Å². The maximum Gasteiger partial charge on any atom is 0.0732 e. The van der Waals surface area contributed by atoms with E-state index < -0.39 is 0 Å². The fraction of sp³-hybridized carbons (Fsp3) is 0.250. The number of rotatable bonds is 0. The number of allylic oxidation sites excluding steroid dienone is 4. The Kier molecular flexibility index (Phi) is 6.99. The molecule has 6 heterocycles. The molecule has 4 nitrogen and oxygen atoms in total. The van der Waals surface area contributed by atoms with Gasteiger partial charge >= 0.3 is 0 Å². The molecule has 2 aromatic rings. The Labute approximate surface area is 245 Å². The van der Waals surface area contributed by atoms with Crippen molar-refractivity contribution in [3.8, 4) is 0 Å². The second-order valence-electron chi connectivity index (χ2n) is 10.6. The minimum Gasteiger partial charge on any atom is -1.00 e. The number of nitrogens with zero attached hydrogens (tertiary/aromatic N) is 4. The van der Waals surface area contributed by atoms with E-state index in [0.29, 0.717) is 12.1 Å². The van der Waals surface area contributed by atoms with Gasteiger partial charge < -0.3 is 53.6 Å². The third kappa shape index (κ3) is 3.92. The van der Waals surface area contributed by atoms with Crippen LogP contribution in [0, 0.1) is 0 Å². The van der Waals surface area contributed by atoms with Gasteiger partial charge in [-0.25, -0.2) is 0 Å². The summed E-state index contributed by atoms with van der Waals surface area (Å²) in [6.45, 7) is 11.1. The molecule has 196 valence electrons. The monoisotopic (exact) mass is 630 g/mol. The van der Waals surface area contributed by atoms with Gasteiger partial charge in [-0.05, 0) is 63.1 Å². The van der Waals surface area contributed by atoms with Crippen molar-refractivity contribution in [3.05, 3.63) is 94.2 Å². The van der Waals surface area contributed by atoms with Crippen LogP contribution in [0.2, 0.25) is 0 Å². The Morgan fingerprint density at radius 3 is 1.42 bits per heavy atom. The van der Waals surface area contributed by atoms with Crippen molar-refractivity contribution < 1.29 is 34.0 Å². The van der Waals surface area contributed by atoms with E-state index in [1.807, 2.05) is 0 Å². The number of halogens is 2. The highest BCUT2D eigenvalue weighted by Gasteiger charge is 2.31. The summed E-state index contributed by atoms with van der Waals surface area (Å²) in [5, 5.41) is 5.40. The van der Waals surface area contributed by atoms with E-state index in [9.17, 15) is 0 Å². The quantitative estimate of drug-likeness (QED) is 0.317. The zero-order valence-electron chi connectivity index (χ0n) is 22.2. The Morgan fingerprint density at radius 2 is 1.00 bits per heavy atom. The van der Waals surface area contributed by atoms with Gasteiger partial charge in [0.15, 0.2) is 0 Å². The van der Waals surface area contributed by atoms with Gasteiger partial charge in [0.1, 0.15) is 0 Å². The van der Waals surface area contributed by atoms with Crippen LogP contribution in [0.3, 0.4) is 0 Å². The molecule has 0 aliphatic carbocycles. The van der Waals surface area contributed by atoms with Gasteiger partial charge in [-0.3, -0.25) is 0 Å². The lowest BCUT2D eigenvalue weighted by molar-refractivity contribution is -0.001000. The minimum atomic E-state index is 0. The summed E-state index contributed by atoms with van der Waals surface area (Å²) in [6.07, 6.45) is 22.0. The molecule has 0 amide bonds. The maximum absolute atomic E-state index is 2.42. The third-order valence-electron chi connectivity index (χ3n) is 8.23. The lowest BCUT2D eigenvalue weighted by Crippen LogP contribution is -3.00. The van der Waals surface area contributed by atoms with Crippen molar-refractivity contribution in [2.45, 2.75) is 39.8 Å².